The zero-order valence-electron chi connectivity index (χ0n) is 11.4. The Hall–Kier alpha value is -1.55. The quantitative estimate of drug-likeness (QED) is 0.897. The van der Waals surface area contributed by atoms with Crippen molar-refractivity contribution in [3.05, 3.63) is 28.8 Å². The number of nitrogens with one attached hydrogen (secondary N) is 1. The molecule has 0 aliphatic heterocycles. The summed E-state index contributed by atoms with van der Waals surface area (Å²) in [7, 11) is 0. The van der Waals surface area contributed by atoms with Gasteiger partial charge in [-0.1, -0.05) is 18.0 Å². The minimum Gasteiger partial charge on any atom is -0.481 e. The highest BCUT2D eigenvalue weighted by Gasteiger charge is 2.31. The molecule has 2 unspecified atom stereocenters. The second-order valence-electron chi connectivity index (χ2n) is 5.35. The maximum Gasteiger partial charge on any atom is 0.306 e. The normalized spacial score (nSPS) is 22.3. The van der Waals surface area contributed by atoms with Crippen molar-refractivity contribution in [1.29, 1.82) is 0 Å². The Kier molecular flexibility index (Phi) is 4.65. The van der Waals surface area contributed by atoms with E-state index in [1.807, 2.05) is 6.92 Å². The number of carbonyl (C=O) groups excluding carboxylic acids is 1. The van der Waals surface area contributed by atoms with Gasteiger partial charge in [-0.15, -0.1) is 0 Å². The van der Waals surface area contributed by atoms with Crippen molar-refractivity contribution < 1.29 is 14.7 Å². The Morgan fingerprint density at radius 3 is 2.65 bits per heavy atom. The van der Waals surface area contributed by atoms with Crippen LogP contribution in [0, 0.1) is 18.8 Å². The van der Waals surface area contributed by atoms with Gasteiger partial charge in [-0.3, -0.25) is 9.59 Å². The third kappa shape index (κ3) is 3.51. The Labute approximate surface area is 123 Å². The maximum atomic E-state index is 12.2. The van der Waals surface area contributed by atoms with Gasteiger partial charge in [0.15, 0.2) is 0 Å². The minimum absolute atomic E-state index is 0.0960. The molecule has 1 aliphatic rings. The van der Waals surface area contributed by atoms with Gasteiger partial charge in [-0.05, 0) is 49.9 Å². The van der Waals surface area contributed by atoms with Crippen LogP contribution in [0.3, 0.4) is 0 Å². The van der Waals surface area contributed by atoms with E-state index in [4.69, 9.17) is 16.7 Å². The van der Waals surface area contributed by atoms with Gasteiger partial charge in [0.05, 0.1) is 5.92 Å². The number of aryl methyl sites for hydroxylation is 1. The fraction of sp³-hybridized carbons (Fsp3) is 0.467. The molecule has 1 aliphatic carbocycles. The first-order valence-electron chi connectivity index (χ1n) is 6.77. The molecule has 0 saturated heterocycles. The van der Waals surface area contributed by atoms with Gasteiger partial charge in [0.25, 0.3) is 0 Å². The molecule has 1 aromatic rings. The summed E-state index contributed by atoms with van der Waals surface area (Å²) in [6.07, 6.45) is 2.63. The summed E-state index contributed by atoms with van der Waals surface area (Å²) in [5.41, 5.74) is 1.63. The van der Waals surface area contributed by atoms with Gasteiger partial charge < -0.3 is 10.4 Å². The average Bonchev–Trinajstić information content (AvgIpc) is 2.42. The molecule has 0 spiro atoms. The number of rotatable bonds is 3. The van der Waals surface area contributed by atoms with E-state index in [0.29, 0.717) is 17.9 Å². The van der Waals surface area contributed by atoms with Crippen molar-refractivity contribution in [2.45, 2.75) is 32.6 Å². The lowest BCUT2D eigenvalue weighted by molar-refractivity contribution is -0.143. The molecule has 0 radical (unpaired) electrons. The van der Waals surface area contributed by atoms with Crippen molar-refractivity contribution >= 4 is 29.2 Å². The molecule has 5 heteroatoms. The predicted octanol–water partition coefficient (Wildman–Crippen LogP) is 3.48. The third-order valence-electron chi connectivity index (χ3n) is 3.84. The second-order valence-corrected chi connectivity index (χ2v) is 5.78. The van der Waals surface area contributed by atoms with Gasteiger partial charge in [-0.25, -0.2) is 0 Å². The molecule has 1 aromatic carbocycles. The van der Waals surface area contributed by atoms with E-state index in [1.54, 1.807) is 18.2 Å². The van der Waals surface area contributed by atoms with E-state index in [0.717, 1.165) is 24.1 Å². The van der Waals surface area contributed by atoms with Crippen molar-refractivity contribution in [2.24, 2.45) is 11.8 Å². The molecule has 4 nitrogen and oxygen atoms in total. The highest BCUT2D eigenvalue weighted by Crippen LogP contribution is 2.30. The van der Waals surface area contributed by atoms with Gasteiger partial charge in [0.1, 0.15) is 0 Å². The second kappa shape index (κ2) is 6.27. The first-order chi connectivity index (χ1) is 9.47. The van der Waals surface area contributed by atoms with Crippen LogP contribution in [0.5, 0.6) is 0 Å². The van der Waals surface area contributed by atoms with Crippen LogP contribution in [0.1, 0.15) is 31.2 Å². The Morgan fingerprint density at radius 2 is 2.00 bits per heavy atom. The van der Waals surface area contributed by atoms with Crippen molar-refractivity contribution in [2.75, 3.05) is 5.32 Å². The minimum atomic E-state index is -0.801. The van der Waals surface area contributed by atoms with Crippen molar-refractivity contribution in [1.82, 2.24) is 0 Å². The monoisotopic (exact) mass is 295 g/mol. The lowest BCUT2D eigenvalue weighted by atomic mass is 9.81. The van der Waals surface area contributed by atoms with Crippen LogP contribution in [0.2, 0.25) is 5.02 Å². The standard InChI is InChI=1S/C15H18ClNO3/c1-9-7-12(16)5-6-13(9)17-14(18)10-3-2-4-11(8-10)15(19)20/h5-7,10-11H,2-4,8H2,1H3,(H,17,18)(H,19,20). The van der Waals surface area contributed by atoms with E-state index in [2.05, 4.69) is 5.32 Å². The van der Waals surface area contributed by atoms with E-state index in [-0.39, 0.29) is 11.8 Å². The van der Waals surface area contributed by atoms with E-state index in [9.17, 15) is 9.59 Å². The summed E-state index contributed by atoms with van der Waals surface area (Å²) < 4.78 is 0. The molecule has 20 heavy (non-hydrogen) atoms. The molecular weight excluding hydrogens is 278 g/mol. The molecular formula is C15H18ClNO3. The molecule has 2 N–H and O–H groups in total. The van der Waals surface area contributed by atoms with Gasteiger partial charge >= 0.3 is 5.97 Å². The van der Waals surface area contributed by atoms with Crippen LogP contribution in [0.4, 0.5) is 5.69 Å². The van der Waals surface area contributed by atoms with E-state index < -0.39 is 11.9 Å². The summed E-state index contributed by atoms with van der Waals surface area (Å²) in [6.45, 7) is 1.88. The van der Waals surface area contributed by atoms with Crippen LogP contribution in [0.15, 0.2) is 18.2 Å². The summed E-state index contributed by atoms with van der Waals surface area (Å²) in [5.74, 6) is -1.52. The summed E-state index contributed by atoms with van der Waals surface area (Å²) in [4.78, 5) is 23.3. The van der Waals surface area contributed by atoms with Gasteiger partial charge in [-0.2, -0.15) is 0 Å². The fourth-order valence-electron chi connectivity index (χ4n) is 2.65. The molecule has 1 fully saturated rings. The largest absolute Gasteiger partial charge is 0.481 e. The summed E-state index contributed by atoms with van der Waals surface area (Å²) >= 11 is 5.88. The number of hydrogen-bond acceptors (Lipinski definition) is 2. The maximum absolute atomic E-state index is 12.2. The first kappa shape index (κ1) is 14.9. The number of benzene rings is 1. The summed E-state index contributed by atoms with van der Waals surface area (Å²) in [6, 6.07) is 5.29. The van der Waals surface area contributed by atoms with Crippen molar-refractivity contribution in [3.63, 3.8) is 0 Å². The van der Waals surface area contributed by atoms with Crippen LogP contribution >= 0.6 is 11.6 Å². The number of carbonyl (C=O) groups is 2. The molecule has 1 saturated carbocycles. The summed E-state index contributed by atoms with van der Waals surface area (Å²) in [5, 5.41) is 12.6. The van der Waals surface area contributed by atoms with Crippen molar-refractivity contribution in [3.8, 4) is 0 Å². The lowest BCUT2D eigenvalue weighted by Crippen LogP contribution is -2.31. The Bertz CT molecular complexity index is 530. The number of amides is 1. The Morgan fingerprint density at radius 1 is 1.30 bits per heavy atom. The number of aliphatic carboxylic acids is 1. The number of carboxylic acids is 1. The predicted molar refractivity (Wildman–Crippen MR) is 77.9 cm³/mol. The van der Waals surface area contributed by atoms with Crippen LogP contribution in [0.25, 0.3) is 0 Å². The SMILES string of the molecule is Cc1cc(Cl)ccc1NC(=O)C1CCCC(C(=O)O)C1. The highest BCUT2D eigenvalue weighted by atomic mass is 35.5. The molecule has 1 amide bonds. The van der Waals surface area contributed by atoms with Gasteiger partial charge in [0, 0.05) is 16.6 Å². The molecule has 2 rings (SSSR count). The number of anilines is 1. The lowest BCUT2D eigenvalue weighted by Gasteiger charge is -2.26. The number of hydrogen-bond donors (Lipinski definition) is 2. The molecule has 0 heterocycles. The first-order valence-corrected chi connectivity index (χ1v) is 7.15. The smallest absolute Gasteiger partial charge is 0.306 e. The van der Waals surface area contributed by atoms with E-state index >= 15 is 0 Å². The zero-order chi connectivity index (χ0) is 14.7. The molecule has 0 bridgehead atoms. The molecule has 2 atom stereocenters. The van der Waals surface area contributed by atoms with Crippen LogP contribution in [-0.4, -0.2) is 17.0 Å². The van der Waals surface area contributed by atoms with Crippen LogP contribution < -0.4 is 5.32 Å². The zero-order valence-corrected chi connectivity index (χ0v) is 12.1. The van der Waals surface area contributed by atoms with Crippen LogP contribution in [-0.2, 0) is 9.59 Å². The number of halogens is 1. The Balaban J connectivity index is 2.02. The van der Waals surface area contributed by atoms with E-state index in [1.165, 1.54) is 0 Å². The molecule has 108 valence electrons. The topological polar surface area (TPSA) is 66.4 Å². The molecule has 0 aromatic heterocycles. The fourth-order valence-corrected chi connectivity index (χ4v) is 2.88. The third-order valence-corrected chi connectivity index (χ3v) is 4.08. The highest BCUT2D eigenvalue weighted by molar-refractivity contribution is 6.30. The number of carboxylic acid groups (broad SMARTS) is 1. The van der Waals surface area contributed by atoms with Gasteiger partial charge in [0.2, 0.25) is 5.91 Å². The average molecular weight is 296 g/mol.